The van der Waals surface area contributed by atoms with Gasteiger partial charge in [-0.25, -0.2) is 4.98 Å². The van der Waals surface area contributed by atoms with Gasteiger partial charge in [-0.1, -0.05) is 19.1 Å². The van der Waals surface area contributed by atoms with Crippen molar-refractivity contribution in [1.82, 2.24) is 10.3 Å². The van der Waals surface area contributed by atoms with E-state index in [4.69, 9.17) is 14.5 Å². The molecule has 0 radical (unpaired) electrons. The van der Waals surface area contributed by atoms with Gasteiger partial charge in [-0.05, 0) is 25.1 Å². The van der Waals surface area contributed by atoms with Crippen LogP contribution in [0.5, 0.6) is 5.75 Å². The molecule has 0 amide bonds. The zero-order valence-electron chi connectivity index (χ0n) is 12.8. The molecule has 114 valence electrons. The Morgan fingerprint density at radius 1 is 1.29 bits per heavy atom. The summed E-state index contributed by atoms with van der Waals surface area (Å²) >= 11 is 1.71. The van der Waals surface area contributed by atoms with Gasteiger partial charge >= 0.3 is 0 Å². The van der Waals surface area contributed by atoms with Gasteiger partial charge in [-0.2, -0.15) is 0 Å². The van der Waals surface area contributed by atoms with Crippen LogP contribution < -0.4 is 10.1 Å². The molecule has 0 unspecified atom stereocenters. The van der Waals surface area contributed by atoms with Crippen molar-refractivity contribution >= 4 is 11.3 Å². The van der Waals surface area contributed by atoms with Gasteiger partial charge in [0.2, 0.25) is 0 Å². The third-order valence-electron chi connectivity index (χ3n) is 3.09. The normalized spacial score (nSPS) is 10.8. The lowest BCUT2D eigenvalue weighted by molar-refractivity contribution is 0.181. The molecule has 0 bridgehead atoms. The molecule has 2 aromatic rings. The van der Waals surface area contributed by atoms with Gasteiger partial charge in [0.15, 0.2) is 0 Å². The van der Waals surface area contributed by atoms with Gasteiger partial charge in [0.05, 0.1) is 19.4 Å². The number of ether oxygens (including phenoxy) is 2. The number of aromatic nitrogens is 1. The van der Waals surface area contributed by atoms with Crippen LogP contribution in [0, 0.1) is 0 Å². The second-order valence-electron chi connectivity index (χ2n) is 4.73. The first kappa shape index (κ1) is 15.9. The van der Waals surface area contributed by atoms with Crippen molar-refractivity contribution in [3.8, 4) is 16.3 Å². The number of nitrogens with one attached hydrogen (secondary N) is 1. The summed E-state index contributed by atoms with van der Waals surface area (Å²) < 4.78 is 10.5. The fourth-order valence-corrected chi connectivity index (χ4v) is 3.06. The monoisotopic (exact) mass is 306 g/mol. The van der Waals surface area contributed by atoms with Crippen LogP contribution in [-0.4, -0.2) is 25.7 Å². The highest BCUT2D eigenvalue weighted by Crippen LogP contribution is 2.30. The Kier molecular flexibility index (Phi) is 6.17. The highest BCUT2D eigenvalue weighted by atomic mass is 32.1. The molecule has 1 aromatic carbocycles. The molecule has 1 heterocycles. The molecule has 1 aromatic heterocycles. The topological polar surface area (TPSA) is 43.4 Å². The van der Waals surface area contributed by atoms with Crippen LogP contribution >= 0.6 is 11.3 Å². The predicted octanol–water partition coefficient (Wildman–Crippen LogP) is 3.46. The van der Waals surface area contributed by atoms with Gasteiger partial charge in [0.25, 0.3) is 0 Å². The average molecular weight is 306 g/mol. The largest absolute Gasteiger partial charge is 0.497 e. The van der Waals surface area contributed by atoms with E-state index in [2.05, 4.69) is 18.3 Å². The number of thiazole rings is 1. The Morgan fingerprint density at radius 2 is 2.14 bits per heavy atom. The van der Waals surface area contributed by atoms with Crippen LogP contribution in [0.25, 0.3) is 10.6 Å². The Bertz CT molecular complexity index is 569. The second kappa shape index (κ2) is 8.12. The van der Waals surface area contributed by atoms with E-state index in [-0.39, 0.29) is 0 Å². The van der Waals surface area contributed by atoms with Crippen molar-refractivity contribution in [3.05, 3.63) is 34.8 Å². The predicted molar refractivity (Wildman–Crippen MR) is 86.8 cm³/mol. The van der Waals surface area contributed by atoms with Crippen LogP contribution in [0.2, 0.25) is 0 Å². The van der Waals surface area contributed by atoms with Gasteiger partial charge < -0.3 is 14.8 Å². The van der Waals surface area contributed by atoms with E-state index in [1.807, 2.05) is 18.2 Å². The fourth-order valence-electron chi connectivity index (χ4n) is 2.03. The zero-order valence-corrected chi connectivity index (χ0v) is 13.6. The quantitative estimate of drug-likeness (QED) is 0.759. The summed E-state index contributed by atoms with van der Waals surface area (Å²) in [5, 5.41) is 4.44. The van der Waals surface area contributed by atoms with E-state index in [0.717, 1.165) is 41.5 Å². The van der Waals surface area contributed by atoms with Crippen LogP contribution in [0.15, 0.2) is 24.3 Å². The molecule has 0 spiro atoms. The van der Waals surface area contributed by atoms with E-state index in [9.17, 15) is 0 Å². The maximum atomic E-state index is 5.28. The van der Waals surface area contributed by atoms with Crippen LogP contribution in [0.3, 0.4) is 0 Å². The van der Waals surface area contributed by atoms with Crippen LogP contribution in [-0.2, 0) is 17.9 Å². The molecular formula is C16H22N2O2S. The molecule has 21 heavy (non-hydrogen) atoms. The minimum Gasteiger partial charge on any atom is -0.497 e. The molecule has 0 fully saturated rings. The number of benzene rings is 1. The number of methoxy groups -OCH3 is 2. The third kappa shape index (κ3) is 4.27. The van der Waals surface area contributed by atoms with E-state index < -0.39 is 0 Å². The molecule has 2 rings (SSSR count). The summed E-state index contributed by atoms with van der Waals surface area (Å²) in [4.78, 5) is 5.96. The Morgan fingerprint density at radius 3 is 2.86 bits per heavy atom. The minimum atomic E-state index is 0.545. The van der Waals surface area contributed by atoms with Crippen LogP contribution in [0.1, 0.15) is 23.9 Å². The van der Waals surface area contributed by atoms with Crippen molar-refractivity contribution in [2.24, 2.45) is 0 Å². The molecular weight excluding hydrogens is 284 g/mol. The SMILES string of the molecule is CCCNCc1sc(-c2cccc(OC)c2)nc1COC. The standard InChI is InChI=1S/C16H22N2O2S/c1-4-8-17-10-15-14(11-19-2)18-16(21-15)12-6-5-7-13(9-12)20-3/h5-7,9,17H,4,8,10-11H2,1-3H3. The lowest BCUT2D eigenvalue weighted by atomic mass is 10.2. The third-order valence-corrected chi connectivity index (χ3v) is 4.24. The summed E-state index contributed by atoms with van der Waals surface area (Å²) in [5.41, 5.74) is 2.10. The van der Waals surface area contributed by atoms with Crippen LogP contribution in [0.4, 0.5) is 0 Å². The molecule has 0 saturated heterocycles. The molecule has 0 aliphatic rings. The highest BCUT2D eigenvalue weighted by Gasteiger charge is 2.12. The number of rotatable bonds is 8. The Labute approximate surface area is 130 Å². The Balaban J connectivity index is 2.24. The van der Waals surface area contributed by atoms with Gasteiger partial charge in [0, 0.05) is 24.1 Å². The van der Waals surface area contributed by atoms with Gasteiger partial charge in [0.1, 0.15) is 10.8 Å². The first-order chi connectivity index (χ1) is 10.3. The maximum absolute atomic E-state index is 5.28. The molecule has 4 nitrogen and oxygen atoms in total. The smallest absolute Gasteiger partial charge is 0.124 e. The van der Waals surface area contributed by atoms with E-state index in [1.54, 1.807) is 25.6 Å². The van der Waals surface area contributed by atoms with E-state index >= 15 is 0 Å². The second-order valence-corrected chi connectivity index (χ2v) is 5.81. The van der Waals surface area contributed by atoms with Gasteiger partial charge in [-0.15, -0.1) is 11.3 Å². The highest BCUT2D eigenvalue weighted by molar-refractivity contribution is 7.15. The first-order valence-corrected chi connectivity index (χ1v) is 7.92. The fraction of sp³-hybridized carbons (Fsp3) is 0.438. The zero-order chi connectivity index (χ0) is 15.1. The maximum Gasteiger partial charge on any atom is 0.124 e. The summed E-state index contributed by atoms with van der Waals surface area (Å²) in [5.74, 6) is 0.849. The Hall–Kier alpha value is -1.43. The van der Waals surface area contributed by atoms with Gasteiger partial charge in [-0.3, -0.25) is 0 Å². The van der Waals surface area contributed by atoms with E-state index in [1.165, 1.54) is 4.88 Å². The molecule has 5 heteroatoms. The number of hydrogen-bond donors (Lipinski definition) is 1. The summed E-state index contributed by atoms with van der Waals surface area (Å²) in [6.07, 6.45) is 1.13. The molecule has 0 aliphatic heterocycles. The average Bonchev–Trinajstić information content (AvgIpc) is 2.91. The molecule has 1 N–H and O–H groups in total. The van der Waals surface area contributed by atoms with Crippen molar-refractivity contribution in [2.75, 3.05) is 20.8 Å². The number of hydrogen-bond acceptors (Lipinski definition) is 5. The lowest BCUT2D eigenvalue weighted by Gasteiger charge is -2.02. The molecule has 0 atom stereocenters. The summed E-state index contributed by atoms with van der Waals surface area (Å²) in [6.45, 7) is 4.56. The lowest BCUT2D eigenvalue weighted by Crippen LogP contribution is -2.14. The van der Waals surface area contributed by atoms with Crippen molar-refractivity contribution in [3.63, 3.8) is 0 Å². The van der Waals surface area contributed by atoms with Crippen molar-refractivity contribution in [2.45, 2.75) is 26.5 Å². The summed E-state index contributed by atoms with van der Waals surface area (Å²) in [6, 6.07) is 8.00. The summed E-state index contributed by atoms with van der Waals surface area (Å²) in [7, 11) is 3.38. The van der Waals surface area contributed by atoms with E-state index in [0.29, 0.717) is 6.61 Å². The van der Waals surface area contributed by atoms with Crippen molar-refractivity contribution < 1.29 is 9.47 Å². The molecule has 0 saturated carbocycles. The van der Waals surface area contributed by atoms with Crippen molar-refractivity contribution in [1.29, 1.82) is 0 Å². The first-order valence-electron chi connectivity index (χ1n) is 7.11. The number of nitrogens with zero attached hydrogens (tertiary/aromatic N) is 1. The molecule has 0 aliphatic carbocycles. The minimum absolute atomic E-state index is 0.545.